The molecule has 0 radical (unpaired) electrons. The van der Waals surface area contributed by atoms with E-state index in [1.807, 2.05) is 54.3 Å². The number of amides is 1. The summed E-state index contributed by atoms with van der Waals surface area (Å²) in [5.74, 6) is -1.32. The number of benzene rings is 1. The van der Waals surface area contributed by atoms with E-state index >= 15 is 0 Å². The maximum atomic E-state index is 13.2. The van der Waals surface area contributed by atoms with Gasteiger partial charge in [0.05, 0.1) is 31.2 Å². The summed E-state index contributed by atoms with van der Waals surface area (Å²) in [5, 5.41) is 0. The van der Waals surface area contributed by atoms with Crippen molar-refractivity contribution in [2.45, 2.75) is 44.4 Å². The molecule has 1 aromatic carbocycles. The number of unbranched alkanes of at least 4 members (excludes halogenated alkanes) is 1. The highest BCUT2D eigenvalue weighted by Crippen LogP contribution is 2.53. The Balaban J connectivity index is 1.56. The number of hydrogen-bond donors (Lipinski definition) is 0. The van der Waals surface area contributed by atoms with E-state index in [1.54, 1.807) is 0 Å². The van der Waals surface area contributed by atoms with Crippen LogP contribution in [0.5, 0.6) is 0 Å². The summed E-state index contributed by atoms with van der Waals surface area (Å²) in [7, 11) is 0. The van der Waals surface area contributed by atoms with Gasteiger partial charge in [-0.05, 0) is 18.9 Å². The Hall–Kier alpha value is -2.14. The van der Waals surface area contributed by atoms with E-state index in [2.05, 4.69) is 6.92 Å². The molecule has 5 heteroatoms. The summed E-state index contributed by atoms with van der Waals surface area (Å²) in [5.41, 5.74) is 0.400. The molecule has 1 amide bonds. The minimum atomic E-state index is -0.681. The molecule has 3 aliphatic rings. The Labute approximate surface area is 154 Å². The van der Waals surface area contributed by atoms with Crippen molar-refractivity contribution in [3.8, 4) is 0 Å². The molecule has 5 nitrogen and oxygen atoms in total. The van der Waals surface area contributed by atoms with Gasteiger partial charge in [-0.2, -0.15) is 0 Å². The zero-order chi connectivity index (χ0) is 18.3. The molecule has 138 valence electrons. The van der Waals surface area contributed by atoms with Crippen LogP contribution in [0.1, 0.15) is 38.3 Å². The Kier molecular flexibility index (Phi) is 4.35. The number of fused-ring (bicyclic) bond motifs is 1. The van der Waals surface area contributed by atoms with E-state index in [0.29, 0.717) is 13.2 Å². The van der Waals surface area contributed by atoms with Gasteiger partial charge in [0, 0.05) is 0 Å². The predicted octanol–water partition coefficient (Wildman–Crippen LogP) is 2.87. The molecule has 3 aliphatic heterocycles. The number of rotatable bonds is 6. The van der Waals surface area contributed by atoms with Gasteiger partial charge in [-0.3, -0.25) is 9.59 Å². The number of ether oxygens (including phenoxy) is 2. The second kappa shape index (κ2) is 6.54. The molecule has 0 unspecified atom stereocenters. The van der Waals surface area contributed by atoms with E-state index in [9.17, 15) is 9.59 Å². The molecular formula is C21H25NO4. The number of nitrogens with zero attached hydrogens (tertiary/aromatic N) is 1. The summed E-state index contributed by atoms with van der Waals surface area (Å²) >= 11 is 0. The Bertz CT molecular complexity index is 731. The second-order valence-corrected chi connectivity index (χ2v) is 7.47. The van der Waals surface area contributed by atoms with Crippen molar-refractivity contribution in [1.82, 2.24) is 4.90 Å². The van der Waals surface area contributed by atoms with E-state index in [-0.39, 0.29) is 24.0 Å². The number of hydrogen-bond acceptors (Lipinski definition) is 4. The first-order valence-electron chi connectivity index (χ1n) is 9.46. The van der Waals surface area contributed by atoms with E-state index < -0.39 is 17.4 Å². The topological polar surface area (TPSA) is 55.8 Å². The fraction of sp³-hybridized carbons (Fsp3) is 0.524. The number of carbonyl (C=O) groups excluding carboxylic acids is 2. The van der Waals surface area contributed by atoms with Crippen LogP contribution < -0.4 is 0 Å². The molecule has 5 atom stereocenters. The molecule has 4 rings (SSSR count). The van der Waals surface area contributed by atoms with Gasteiger partial charge >= 0.3 is 5.97 Å². The van der Waals surface area contributed by atoms with Crippen LogP contribution in [-0.4, -0.2) is 41.6 Å². The molecule has 0 aliphatic carbocycles. The molecule has 0 N–H and O–H groups in total. The van der Waals surface area contributed by atoms with Crippen LogP contribution >= 0.6 is 0 Å². The minimum absolute atomic E-state index is 0.00866. The van der Waals surface area contributed by atoms with Gasteiger partial charge in [0.1, 0.15) is 11.5 Å². The summed E-state index contributed by atoms with van der Waals surface area (Å²) in [6, 6.07) is 9.90. The van der Waals surface area contributed by atoms with Gasteiger partial charge in [0.15, 0.2) is 0 Å². The average Bonchev–Trinajstić information content (AvgIpc) is 3.30. The quantitative estimate of drug-likeness (QED) is 0.447. The van der Waals surface area contributed by atoms with Crippen molar-refractivity contribution < 1.29 is 19.1 Å². The fourth-order valence-corrected chi connectivity index (χ4v) is 4.45. The Morgan fingerprint density at radius 3 is 2.88 bits per heavy atom. The van der Waals surface area contributed by atoms with Gasteiger partial charge < -0.3 is 14.4 Å². The molecular weight excluding hydrogens is 330 g/mol. The molecule has 2 fully saturated rings. The summed E-state index contributed by atoms with van der Waals surface area (Å²) in [6.07, 6.45) is 5.36. The highest BCUT2D eigenvalue weighted by atomic mass is 16.6. The highest BCUT2D eigenvalue weighted by molar-refractivity contribution is 5.91. The van der Waals surface area contributed by atoms with E-state index in [0.717, 1.165) is 18.4 Å². The molecule has 3 heterocycles. The van der Waals surface area contributed by atoms with Crippen molar-refractivity contribution in [3.05, 3.63) is 48.0 Å². The van der Waals surface area contributed by atoms with Crippen LogP contribution in [-0.2, 0) is 19.1 Å². The van der Waals surface area contributed by atoms with Crippen molar-refractivity contribution in [1.29, 1.82) is 0 Å². The lowest BCUT2D eigenvalue weighted by Crippen LogP contribution is -2.40. The molecule has 2 saturated heterocycles. The molecule has 26 heavy (non-hydrogen) atoms. The van der Waals surface area contributed by atoms with Crippen LogP contribution in [0.2, 0.25) is 0 Å². The zero-order valence-corrected chi connectivity index (χ0v) is 15.3. The maximum absolute atomic E-state index is 13.2. The van der Waals surface area contributed by atoms with E-state index in [4.69, 9.17) is 9.47 Å². The predicted molar refractivity (Wildman–Crippen MR) is 96.2 cm³/mol. The van der Waals surface area contributed by atoms with Crippen molar-refractivity contribution in [3.63, 3.8) is 0 Å². The van der Waals surface area contributed by atoms with Crippen LogP contribution in [0.3, 0.4) is 0 Å². The third-order valence-corrected chi connectivity index (χ3v) is 5.89. The molecule has 0 saturated carbocycles. The van der Waals surface area contributed by atoms with Gasteiger partial charge in [-0.1, -0.05) is 55.8 Å². The second-order valence-electron chi connectivity index (χ2n) is 7.47. The lowest BCUT2D eigenvalue weighted by Gasteiger charge is -2.27. The van der Waals surface area contributed by atoms with Crippen molar-refractivity contribution in [2.24, 2.45) is 11.8 Å². The lowest BCUT2D eigenvalue weighted by molar-refractivity contribution is -0.154. The van der Waals surface area contributed by atoms with Crippen LogP contribution in [0.25, 0.3) is 0 Å². The van der Waals surface area contributed by atoms with Crippen LogP contribution in [0, 0.1) is 11.8 Å². The van der Waals surface area contributed by atoms with Crippen LogP contribution in [0.15, 0.2) is 42.5 Å². The lowest BCUT2D eigenvalue weighted by atomic mass is 9.77. The largest absolute Gasteiger partial charge is 0.465 e. The molecule has 2 bridgehead atoms. The first-order chi connectivity index (χ1) is 12.6. The number of esters is 1. The third kappa shape index (κ3) is 2.57. The molecule has 0 aromatic heterocycles. The first kappa shape index (κ1) is 17.3. The standard InChI is InChI=1S/C21H25NO4/c1-3-4-12-25-20(24)17-16-10-11-21(26-16)13-22(19(23)18(17)21)14(2)15-8-6-5-7-9-15/h5-11,14,16-18H,3-4,12-13H2,1-2H3/t14-,16+,17+,18+,21+/m1/s1. The Morgan fingerprint density at radius 1 is 1.38 bits per heavy atom. The highest BCUT2D eigenvalue weighted by Gasteiger charge is 2.67. The van der Waals surface area contributed by atoms with Gasteiger partial charge in [0.2, 0.25) is 5.91 Å². The van der Waals surface area contributed by atoms with Gasteiger partial charge in [-0.15, -0.1) is 0 Å². The maximum Gasteiger partial charge on any atom is 0.312 e. The molecule has 1 aromatic rings. The minimum Gasteiger partial charge on any atom is -0.465 e. The average molecular weight is 355 g/mol. The third-order valence-electron chi connectivity index (χ3n) is 5.89. The van der Waals surface area contributed by atoms with Crippen molar-refractivity contribution >= 4 is 11.9 Å². The normalized spacial score (nSPS) is 32.8. The van der Waals surface area contributed by atoms with E-state index in [1.165, 1.54) is 0 Å². The zero-order valence-electron chi connectivity index (χ0n) is 15.3. The van der Waals surface area contributed by atoms with Gasteiger partial charge in [0.25, 0.3) is 0 Å². The fourth-order valence-electron chi connectivity index (χ4n) is 4.45. The first-order valence-corrected chi connectivity index (χ1v) is 9.46. The number of likely N-dealkylation sites (tertiary alicyclic amines) is 1. The summed E-state index contributed by atoms with van der Waals surface area (Å²) in [4.78, 5) is 27.7. The SMILES string of the molecule is CCCCOC(=O)[C@H]1[C@@H]2C=C[C@@]3(CN([C@H](C)c4ccccc4)C(=O)[C@H]13)O2. The molecule has 1 spiro atoms. The summed E-state index contributed by atoms with van der Waals surface area (Å²) < 4.78 is 11.6. The Morgan fingerprint density at radius 2 is 2.15 bits per heavy atom. The number of carbonyl (C=O) groups is 2. The van der Waals surface area contributed by atoms with Gasteiger partial charge in [-0.25, -0.2) is 0 Å². The summed E-state index contributed by atoms with van der Waals surface area (Å²) in [6.45, 7) is 4.96. The smallest absolute Gasteiger partial charge is 0.312 e. The van der Waals surface area contributed by atoms with Crippen LogP contribution in [0.4, 0.5) is 0 Å². The van der Waals surface area contributed by atoms with Crippen molar-refractivity contribution in [2.75, 3.05) is 13.2 Å². The monoisotopic (exact) mass is 355 g/mol.